The van der Waals surface area contributed by atoms with Crippen LogP contribution in [0.2, 0.25) is 0 Å². The van der Waals surface area contributed by atoms with Crippen molar-refractivity contribution in [3.05, 3.63) is 0 Å². The number of hydrogen-bond donors (Lipinski definition) is 1. The van der Waals surface area contributed by atoms with E-state index < -0.39 is 0 Å². The molecule has 0 aromatic heterocycles. The van der Waals surface area contributed by atoms with Crippen molar-refractivity contribution in [2.75, 3.05) is 20.2 Å². The molecule has 1 saturated carbocycles. The molecule has 2 N–H and O–H groups in total. The monoisotopic (exact) mass is 240 g/mol. The molecule has 0 bridgehead atoms. The Morgan fingerprint density at radius 2 is 2.00 bits per heavy atom. The highest BCUT2D eigenvalue weighted by Gasteiger charge is 2.37. The molecule has 0 spiro atoms. The first-order valence-corrected chi connectivity index (χ1v) is 7.17. The minimum absolute atomic E-state index is 0.439. The SMILES string of the molecule is CC(C)C1CC(N(C)C(CN)C2CC2)CCO1. The summed E-state index contributed by atoms with van der Waals surface area (Å²) in [6, 6.07) is 1.27. The Kier molecular flexibility index (Phi) is 4.45. The second kappa shape index (κ2) is 5.68. The Bertz CT molecular complexity index is 240. The fourth-order valence-electron chi connectivity index (χ4n) is 3.09. The molecule has 2 fully saturated rings. The van der Waals surface area contributed by atoms with E-state index in [2.05, 4.69) is 25.8 Å². The number of rotatable bonds is 5. The van der Waals surface area contributed by atoms with Crippen LogP contribution in [-0.4, -0.2) is 43.3 Å². The molecule has 1 saturated heterocycles. The van der Waals surface area contributed by atoms with Crippen molar-refractivity contribution in [1.82, 2.24) is 4.90 Å². The van der Waals surface area contributed by atoms with Crippen LogP contribution in [0.5, 0.6) is 0 Å². The van der Waals surface area contributed by atoms with Crippen LogP contribution >= 0.6 is 0 Å². The van der Waals surface area contributed by atoms with Crippen LogP contribution in [0.25, 0.3) is 0 Å². The molecule has 100 valence electrons. The molecule has 2 aliphatic rings. The van der Waals surface area contributed by atoms with Crippen molar-refractivity contribution in [2.45, 2.75) is 57.7 Å². The lowest BCUT2D eigenvalue weighted by Crippen LogP contribution is -2.49. The lowest BCUT2D eigenvalue weighted by molar-refractivity contribution is -0.0516. The Morgan fingerprint density at radius 1 is 1.29 bits per heavy atom. The second-order valence-corrected chi connectivity index (χ2v) is 6.14. The van der Waals surface area contributed by atoms with Crippen molar-refractivity contribution >= 4 is 0 Å². The van der Waals surface area contributed by atoms with E-state index >= 15 is 0 Å². The maximum absolute atomic E-state index is 5.94. The summed E-state index contributed by atoms with van der Waals surface area (Å²) in [7, 11) is 2.27. The van der Waals surface area contributed by atoms with Gasteiger partial charge in [-0.1, -0.05) is 13.8 Å². The molecular formula is C14H28N2O. The van der Waals surface area contributed by atoms with Gasteiger partial charge in [0.05, 0.1) is 6.10 Å². The van der Waals surface area contributed by atoms with Gasteiger partial charge in [0, 0.05) is 25.2 Å². The largest absolute Gasteiger partial charge is 0.378 e. The van der Waals surface area contributed by atoms with E-state index in [-0.39, 0.29) is 0 Å². The van der Waals surface area contributed by atoms with Gasteiger partial charge in [-0.2, -0.15) is 0 Å². The van der Waals surface area contributed by atoms with Crippen molar-refractivity contribution < 1.29 is 4.74 Å². The maximum atomic E-state index is 5.94. The summed E-state index contributed by atoms with van der Waals surface area (Å²) < 4.78 is 5.85. The molecule has 3 unspecified atom stereocenters. The molecule has 17 heavy (non-hydrogen) atoms. The third-order valence-electron chi connectivity index (χ3n) is 4.54. The van der Waals surface area contributed by atoms with Crippen LogP contribution in [0.15, 0.2) is 0 Å². The smallest absolute Gasteiger partial charge is 0.0612 e. The van der Waals surface area contributed by atoms with Crippen molar-refractivity contribution in [3.8, 4) is 0 Å². The standard InChI is InChI=1S/C14H28N2O/c1-10(2)14-8-12(6-7-17-14)16(3)13(9-15)11-4-5-11/h10-14H,4-9,15H2,1-3H3. The molecule has 1 aliphatic carbocycles. The Morgan fingerprint density at radius 3 is 2.53 bits per heavy atom. The zero-order valence-corrected chi connectivity index (χ0v) is 11.6. The summed E-state index contributed by atoms with van der Waals surface area (Å²) in [5, 5.41) is 0. The van der Waals surface area contributed by atoms with E-state index in [1.54, 1.807) is 0 Å². The van der Waals surface area contributed by atoms with E-state index in [1.807, 2.05) is 0 Å². The lowest BCUT2D eigenvalue weighted by Gasteiger charge is -2.40. The van der Waals surface area contributed by atoms with Gasteiger partial charge in [0.25, 0.3) is 0 Å². The molecule has 0 amide bonds. The first kappa shape index (κ1) is 13.3. The normalized spacial score (nSPS) is 32.1. The fraction of sp³-hybridized carbons (Fsp3) is 1.00. The molecular weight excluding hydrogens is 212 g/mol. The number of nitrogens with two attached hydrogens (primary N) is 1. The van der Waals surface area contributed by atoms with Gasteiger partial charge in [0.1, 0.15) is 0 Å². The number of likely N-dealkylation sites (N-methyl/N-ethyl adjacent to an activating group) is 1. The third-order valence-corrected chi connectivity index (χ3v) is 4.54. The number of hydrogen-bond acceptors (Lipinski definition) is 3. The Labute approximate surface area is 106 Å². The Hall–Kier alpha value is -0.120. The van der Waals surface area contributed by atoms with Crippen molar-refractivity contribution in [3.63, 3.8) is 0 Å². The highest BCUT2D eigenvalue weighted by molar-refractivity contribution is 4.91. The minimum Gasteiger partial charge on any atom is -0.378 e. The van der Waals surface area contributed by atoms with Crippen molar-refractivity contribution in [1.29, 1.82) is 0 Å². The summed E-state index contributed by atoms with van der Waals surface area (Å²) in [5.74, 6) is 1.49. The van der Waals surface area contributed by atoms with Gasteiger partial charge in [-0.3, -0.25) is 4.90 Å². The summed E-state index contributed by atoms with van der Waals surface area (Å²) in [4.78, 5) is 2.55. The molecule has 0 aromatic rings. The highest BCUT2D eigenvalue weighted by atomic mass is 16.5. The zero-order valence-electron chi connectivity index (χ0n) is 11.6. The summed E-state index contributed by atoms with van der Waals surface area (Å²) >= 11 is 0. The molecule has 1 aliphatic heterocycles. The quantitative estimate of drug-likeness (QED) is 0.797. The predicted octanol–water partition coefficient (Wildman–Crippen LogP) is 1.86. The van der Waals surface area contributed by atoms with E-state index in [4.69, 9.17) is 10.5 Å². The molecule has 3 nitrogen and oxygen atoms in total. The second-order valence-electron chi connectivity index (χ2n) is 6.14. The molecule has 2 rings (SSSR count). The average molecular weight is 240 g/mol. The van der Waals surface area contributed by atoms with Gasteiger partial charge in [-0.15, -0.1) is 0 Å². The molecule has 1 heterocycles. The van der Waals surface area contributed by atoms with E-state index in [1.165, 1.54) is 25.7 Å². The zero-order chi connectivity index (χ0) is 12.4. The van der Waals surface area contributed by atoms with Crippen molar-refractivity contribution in [2.24, 2.45) is 17.6 Å². The van der Waals surface area contributed by atoms with Gasteiger partial charge in [0.15, 0.2) is 0 Å². The lowest BCUT2D eigenvalue weighted by atomic mass is 9.93. The van der Waals surface area contributed by atoms with E-state index in [0.29, 0.717) is 24.1 Å². The van der Waals surface area contributed by atoms with Crippen LogP contribution < -0.4 is 5.73 Å². The first-order valence-electron chi connectivity index (χ1n) is 7.17. The molecule has 0 aromatic carbocycles. The van der Waals surface area contributed by atoms with Crippen LogP contribution in [-0.2, 0) is 4.74 Å². The first-order chi connectivity index (χ1) is 8.13. The maximum Gasteiger partial charge on any atom is 0.0612 e. The minimum atomic E-state index is 0.439. The molecule has 3 heteroatoms. The van der Waals surface area contributed by atoms with Gasteiger partial charge in [-0.05, 0) is 44.6 Å². The van der Waals surface area contributed by atoms with Crippen LogP contribution in [0.1, 0.15) is 39.5 Å². The third kappa shape index (κ3) is 3.21. The van der Waals surface area contributed by atoms with Gasteiger partial charge < -0.3 is 10.5 Å². The number of ether oxygens (including phenoxy) is 1. The fourth-order valence-corrected chi connectivity index (χ4v) is 3.09. The molecule has 0 radical (unpaired) electrons. The van der Waals surface area contributed by atoms with E-state index in [0.717, 1.165) is 19.1 Å². The van der Waals surface area contributed by atoms with Gasteiger partial charge in [0.2, 0.25) is 0 Å². The van der Waals surface area contributed by atoms with Crippen LogP contribution in [0, 0.1) is 11.8 Å². The molecule has 3 atom stereocenters. The van der Waals surface area contributed by atoms with Gasteiger partial charge >= 0.3 is 0 Å². The van der Waals surface area contributed by atoms with Gasteiger partial charge in [-0.25, -0.2) is 0 Å². The van der Waals surface area contributed by atoms with Crippen LogP contribution in [0.4, 0.5) is 0 Å². The summed E-state index contributed by atoms with van der Waals surface area (Å²) in [6.07, 6.45) is 5.54. The number of nitrogens with zero attached hydrogens (tertiary/aromatic N) is 1. The predicted molar refractivity (Wildman–Crippen MR) is 70.9 cm³/mol. The summed E-state index contributed by atoms with van der Waals surface area (Å²) in [6.45, 7) is 6.24. The highest BCUT2D eigenvalue weighted by Crippen LogP contribution is 2.36. The topological polar surface area (TPSA) is 38.5 Å². The average Bonchev–Trinajstić information content (AvgIpc) is 3.14. The van der Waals surface area contributed by atoms with E-state index in [9.17, 15) is 0 Å². The summed E-state index contributed by atoms with van der Waals surface area (Å²) in [5.41, 5.74) is 5.94. The Balaban J connectivity index is 1.91. The van der Waals surface area contributed by atoms with Crippen LogP contribution in [0.3, 0.4) is 0 Å².